The topological polar surface area (TPSA) is 72.1 Å². The molecule has 0 saturated heterocycles. The van der Waals surface area contributed by atoms with Crippen LogP contribution in [0.2, 0.25) is 0 Å². The Hall–Kier alpha value is -1.49. The third-order valence-electron chi connectivity index (χ3n) is 3.12. The van der Waals surface area contributed by atoms with Crippen molar-refractivity contribution in [3.8, 4) is 0 Å². The SMILES string of the molecule is CCc1nnc(C)cc1C(=O)N(C)C(C)CCN. The largest absolute Gasteiger partial charge is 0.339 e. The summed E-state index contributed by atoms with van der Waals surface area (Å²) in [6, 6.07) is 1.93. The minimum atomic E-state index is -0.00852. The van der Waals surface area contributed by atoms with Gasteiger partial charge in [0.1, 0.15) is 0 Å². The van der Waals surface area contributed by atoms with Crippen molar-refractivity contribution >= 4 is 5.91 Å². The Balaban J connectivity index is 2.98. The summed E-state index contributed by atoms with van der Waals surface area (Å²) in [6.45, 7) is 6.39. The maximum Gasteiger partial charge on any atom is 0.255 e. The highest BCUT2D eigenvalue weighted by atomic mass is 16.2. The molecule has 100 valence electrons. The van der Waals surface area contributed by atoms with Gasteiger partial charge in [-0.25, -0.2) is 0 Å². The smallest absolute Gasteiger partial charge is 0.255 e. The van der Waals surface area contributed by atoms with Crippen LogP contribution in [0.3, 0.4) is 0 Å². The molecular formula is C13H22N4O. The standard InChI is InChI=1S/C13H22N4O/c1-5-12-11(8-9(2)15-16-12)13(18)17(4)10(3)6-7-14/h8,10H,5-7,14H2,1-4H3. The summed E-state index contributed by atoms with van der Waals surface area (Å²) in [4.78, 5) is 14.1. The highest BCUT2D eigenvalue weighted by molar-refractivity contribution is 5.95. The van der Waals surface area contributed by atoms with E-state index in [0.29, 0.717) is 18.5 Å². The van der Waals surface area contributed by atoms with E-state index in [0.717, 1.165) is 17.8 Å². The van der Waals surface area contributed by atoms with E-state index in [4.69, 9.17) is 5.73 Å². The zero-order valence-electron chi connectivity index (χ0n) is 11.6. The Bertz CT molecular complexity index is 419. The highest BCUT2D eigenvalue weighted by Crippen LogP contribution is 2.13. The first-order chi connectivity index (χ1) is 8.51. The average molecular weight is 250 g/mol. The second kappa shape index (κ2) is 6.44. The van der Waals surface area contributed by atoms with Crippen LogP contribution in [-0.4, -0.2) is 40.6 Å². The average Bonchev–Trinajstić information content (AvgIpc) is 2.37. The van der Waals surface area contributed by atoms with E-state index in [9.17, 15) is 4.79 Å². The van der Waals surface area contributed by atoms with Crippen molar-refractivity contribution in [2.24, 2.45) is 5.73 Å². The van der Waals surface area contributed by atoms with Gasteiger partial charge in [0.25, 0.3) is 5.91 Å². The molecule has 0 aliphatic rings. The molecule has 0 spiro atoms. The molecule has 0 radical (unpaired) electrons. The minimum Gasteiger partial charge on any atom is -0.339 e. The van der Waals surface area contributed by atoms with E-state index < -0.39 is 0 Å². The van der Waals surface area contributed by atoms with Gasteiger partial charge in [-0.3, -0.25) is 4.79 Å². The van der Waals surface area contributed by atoms with Gasteiger partial charge in [-0.05, 0) is 39.3 Å². The van der Waals surface area contributed by atoms with Crippen molar-refractivity contribution in [3.05, 3.63) is 23.0 Å². The molecule has 1 amide bonds. The monoisotopic (exact) mass is 250 g/mol. The van der Waals surface area contributed by atoms with Crippen LogP contribution in [0.4, 0.5) is 0 Å². The summed E-state index contributed by atoms with van der Waals surface area (Å²) in [5, 5.41) is 8.08. The number of nitrogens with zero attached hydrogens (tertiary/aromatic N) is 3. The summed E-state index contributed by atoms with van der Waals surface area (Å²) >= 11 is 0. The van der Waals surface area contributed by atoms with Crippen LogP contribution in [0.15, 0.2) is 6.07 Å². The van der Waals surface area contributed by atoms with Gasteiger partial charge >= 0.3 is 0 Å². The van der Waals surface area contributed by atoms with Crippen molar-refractivity contribution in [2.45, 2.75) is 39.7 Å². The first-order valence-corrected chi connectivity index (χ1v) is 6.31. The van der Waals surface area contributed by atoms with Crippen LogP contribution in [0.5, 0.6) is 0 Å². The van der Waals surface area contributed by atoms with E-state index >= 15 is 0 Å². The summed E-state index contributed by atoms with van der Waals surface area (Å²) in [5.41, 5.74) is 7.68. The van der Waals surface area contributed by atoms with Gasteiger partial charge in [0, 0.05) is 13.1 Å². The van der Waals surface area contributed by atoms with Crippen LogP contribution >= 0.6 is 0 Å². The summed E-state index contributed by atoms with van der Waals surface area (Å²) < 4.78 is 0. The van der Waals surface area contributed by atoms with E-state index in [1.165, 1.54) is 0 Å². The third-order valence-corrected chi connectivity index (χ3v) is 3.12. The van der Waals surface area contributed by atoms with Crippen molar-refractivity contribution in [1.82, 2.24) is 15.1 Å². The van der Waals surface area contributed by atoms with E-state index in [2.05, 4.69) is 10.2 Å². The number of amides is 1. The van der Waals surface area contributed by atoms with E-state index in [1.807, 2.05) is 20.8 Å². The van der Waals surface area contributed by atoms with Crippen molar-refractivity contribution in [2.75, 3.05) is 13.6 Å². The fourth-order valence-corrected chi connectivity index (χ4v) is 1.79. The van der Waals surface area contributed by atoms with E-state index in [-0.39, 0.29) is 11.9 Å². The fourth-order valence-electron chi connectivity index (χ4n) is 1.79. The highest BCUT2D eigenvalue weighted by Gasteiger charge is 2.20. The molecule has 18 heavy (non-hydrogen) atoms. The third kappa shape index (κ3) is 3.26. The second-order valence-corrected chi connectivity index (χ2v) is 4.54. The summed E-state index contributed by atoms with van der Waals surface area (Å²) in [5.74, 6) is -0.00852. The number of hydrogen-bond donors (Lipinski definition) is 1. The van der Waals surface area contributed by atoms with Gasteiger partial charge < -0.3 is 10.6 Å². The molecule has 1 aromatic heterocycles. The van der Waals surface area contributed by atoms with Gasteiger partial charge in [0.15, 0.2) is 0 Å². The molecule has 0 aliphatic carbocycles. The molecule has 1 atom stereocenters. The molecular weight excluding hydrogens is 228 g/mol. The van der Waals surface area contributed by atoms with Crippen LogP contribution in [-0.2, 0) is 6.42 Å². The Kier molecular flexibility index (Phi) is 5.22. The molecule has 0 saturated carbocycles. The maximum absolute atomic E-state index is 12.4. The van der Waals surface area contributed by atoms with Gasteiger partial charge in [0.05, 0.1) is 17.0 Å². The quantitative estimate of drug-likeness (QED) is 0.851. The van der Waals surface area contributed by atoms with Crippen molar-refractivity contribution in [1.29, 1.82) is 0 Å². The van der Waals surface area contributed by atoms with Crippen molar-refractivity contribution in [3.63, 3.8) is 0 Å². The van der Waals surface area contributed by atoms with Crippen LogP contribution in [0, 0.1) is 6.92 Å². The summed E-state index contributed by atoms with van der Waals surface area (Å²) in [6.07, 6.45) is 1.49. The van der Waals surface area contributed by atoms with E-state index in [1.54, 1.807) is 18.0 Å². The molecule has 1 rings (SSSR count). The molecule has 2 N–H and O–H groups in total. The number of carbonyl (C=O) groups is 1. The van der Waals surface area contributed by atoms with Gasteiger partial charge in [0.2, 0.25) is 0 Å². The maximum atomic E-state index is 12.4. The Morgan fingerprint density at radius 2 is 2.17 bits per heavy atom. The number of nitrogens with two attached hydrogens (primary N) is 1. The predicted molar refractivity (Wildman–Crippen MR) is 71.4 cm³/mol. The first kappa shape index (κ1) is 14.6. The lowest BCUT2D eigenvalue weighted by atomic mass is 10.1. The van der Waals surface area contributed by atoms with Gasteiger partial charge in [-0.15, -0.1) is 0 Å². The predicted octanol–water partition coefficient (Wildman–Crippen LogP) is 1.16. The summed E-state index contributed by atoms with van der Waals surface area (Å²) in [7, 11) is 1.80. The molecule has 0 fully saturated rings. The van der Waals surface area contributed by atoms with Crippen LogP contribution < -0.4 is 5.73 Å². The Morgan fingerprint density at radius 3 is 2.72 bits per heavy atom. The zero-order chi connectivity index (χ0) is 13.7. The number of hydrogen-bond acceptors (Lipinski definition) is 4. The lowest BCUT2D eigenvalue weighted by Crippen LogP contribution is -2.37. The lowest BCUT2D eigenvalue weighted by molar-refractivity contribution is 0.0737. The van der Waals surface area contributed by atoms with Crippen LogP contribution in [0.1, 0.15) is 42.0 Å². The number of aryl methyl sites for hydroxylation is 2. The minimum absolute atomic E-state index is 0.00852. The molecule has 1 unspecified atom stereocenters. The van der Waals surface area contributed by atoms with Crippen molar-refractivity contribution < 1.29 is 4.79 Å². The molecule has 0 bridgehead atoms. The first-order valence-electron chi connectivity index (χ1n) is 6.31. The molecule has 1 heterocycles. The Morgan fingerprint density at radius 1 is 1.50 bits per heavy atom. The fraction of sp³-hybridized carbons (Fsp3) is 0.615. The Labute approximate surface area is 108 Å². The normalized spacial score (nSPS) is 12.3. The molecule has 5 nitrogen and oxygen atoms in total. The lowest BCUT2D eigenvalue weighted by Gasteiger charge is -2.25. The number of carbonyl (C=O) groups excluding carboxylic acids is 1. The molecule has 0 aliphatic heterocycles. The second-order valence-electron chi connectivity index (χ2n) is 4.54. The molecule has 0 aromatic carbocycles. The zero-order valence-corrected chi connectivity index (χ0v) is 11.6. The van der Waals surface area contributed by atoms with Crippen LogP contribution in [0.25, 0.3) is 0 Å². The van der Waals surface area contributed by atoms with Gasteiger partial charge in [-0.1, -0.05) is 6.92 Å². The van der Waals surface area contributed by atoms with Gasteiger partial charge in [-0.2, -0.15) is 10.2 Å². The number of aromatic nitrogens is 2. The molecule has 1 aromatic rings. The number of rotatable bonds is 5. The molecule has 5 heteroatoms.